The van der Waals surface area contributed by atoms with Crippen LogP contribution in [0.2, 0.25) is 0 Å². The summed E-state index contributed by atoms with van der Waals surface area (Å²) in [5.41, 5.74) is 10.5. The van der Waals surface area contributed by atoms with Crippen molar-refractivity contribution in [2.24, 2.45) is 11.5 Å². The van der Waals surface area contributed by atoms with E-state index in [2.05, 4.69) is 24.1 Å². The number of amides is 1. The zero-order chi connectivity index (χ0) is 11.4. The van der Waals surface area contributed by atoms with Crippen molar-refractivity contribution >= 4 is 5.91 Å². The normalized spacial score (nSPS) is 14.4. The van der Waals surface area contributed by atoms with Gasteiger partial charge in [-0.2, -0.15) is 0 Å². The van der Waals surface area contributed by atoms with Crippen LogP contribution in [-0.4, -0.2) is 49.6 Å². The Morgan fingerprint density at radius 3 is 2.36 bits per heavy atom. The van der Waals surface area contributed by atoms with Gasteiger partial charge in [-0.05, 0) is 27.9 Å². The third-order valence-electron chi connectivity index (χ3n) is 2.50. The maximum absolute atomic E-state index is 10.6. The quantitative estimate of drug-likeness (QED) is 0.501. The fourth-order valence-corrected chi connectivity index (χ4v) is 0.792. The van der Waals surface area contributed by atoms with Crippen molar-refractivity contribution in [2.45, 2.75) is 25.4 Å². The van der Waals surface area contributed by atoms with Crippen molar-refractivity contribution in [3.8, 4) is 0 Å². The highest BCUT2D eigenvalue weighted by Gasteiger charge is 2.20. The van der Waals surface area contributed by atoms with E-state index >= 15 is 0 Å². The first-order valence-corrected chi connectivity index (χ1v) is 4.70. The molecule has 0 aromatic carbocycles. The minimum absolute atomic E-state index is 0.0391. The van der Waals surface area contributed by atoms with Crippen molar-refractivity contribution in [3.05, 3.63) is 0 Å². The molecule has 0 rings (SSSR count). The van der Waals surface area contributed by atoms with E-state index in [4.69, 9.17) is 11.5 Å². The largest absolute Gasteiger partial charge is 0.368 e. The lowest BCUT2D eigenvalue weighted by molar-refractivity contribution is -0.119. The van der Waals surface area contributed by atoms with E-state index in [0.29, 0.717) is 6.54 Å². The van der Waals surface area contributed by atoms with Gasteiger partial charge < -0.3 is 21.7 Å². The van der Waals surface area contributed by atoms with Crippen molar-refractivity contribution in [2.75, 3.05) is 27.2 Å². The Hall–Kier alpha value is -0.650. The fraction of sp³-hybridized carbons (Fsp3) is 0.889. The van der Waals surface area contributed by atoms with Gasteiger partial charge in [0.2, 0.25) is 5.91 Å². The van der Waals surface area contributed by atoms with Gasteiger partial charge in [0.05, 0.1) is 6.04 Å². The first kappa shape index (κ1) is 13.4. The topological polar surface area (TPSA) is 84.4 Å². The molecule has 0 aliphatic carbocycles. The standard InChI is InChI=1S/C9H22N4O/c1-9(2,13(3)4)6-12-5-7(10)8(11)14/h7,12H,5-6,10H2,1-4H3,(H2,11,14). The maximum atomic E-state index is 10.6. The van der Waals surface area contributed by atoms with Gasteiger partial charge in [-0.1, -0.05) is 0 Å². The highest BCUT2D eigenvalue weighted by molar-refractivity contribution is 5.79. The molecule has 1 amide bonds. The SMILES string of the molecule is CN(C)C(C)(C)CNCC(N)C(N)=O. The Labute approximate surface area is 85.8 Å². The Morgan fingerprint density at radius 2 is 2.00 bits per heavy atom. The lowest BCUT2D eigenvalue weighted by atomic mass is 10.0. The second kappa shape index (κ2) is 5.29. The average molecular weight is 202 g/mol. The van der Waals surface area contributed by atoms with Crippen LogP contribution >= 0.6 is 0 Å². The summed E-state index contributed by atoms with van der Waals surface area (Å²) in [5, 5.41) is 3.12. The summed E-state index contributed by atoms with van der Waals surface area (Å²) in [5.74, 6) is -0.472. The molecule has 0 saturated carbocycles. The molecule has 5 heteroatoms. The van der Waals surface area contributed by atoms with Crippen molar-refractivity contribution in [3.63, 3.8) is 0 Å². The molecule has 0 aliphatic rings. The van der Waals surface area contributed by atoms with Crippen LogP contribution in [0.4, 0.5) is 0 Å². The van der Waals surface area contributed by atoms with E-state index < -0.39 is 11.9 Å². The minimum Gasteiger partial charge on any atom is -0.368 e. The zero-order valence-corrected chi connectivity index (χ0v) is 9.50. The Kier molecular flexibility index (Phi) is 5.04. The van der Waals surface area contributed by atoms with Gasteiger partial charge in [0.15, 0.2) is 0 Å². The minimum atomic E-state index is -0.604. The van der Waals surface area contributed by atoms with Crippen LogP contribution in [0.1, 0.15) is 13.8 Å². The predicted octanol–water partition coefficient (Wildman–Crippen LogP) is -1.27. The number of carbonyl (C=O) groups excluding carboxylic acids is 1. The molecule has 0 fully saturated rings. The number of nitrogens with two attached hydrogens (primary N) is 2. The third kappa shape index (κ3) is 4.55. The van der Waals surface area contributed by atoms with Crippen LogP contribution in [0, 0.1) is 0 Å². The molecule has 0 radical (unpaired) electrons. The summed E-state index contributed by atoms with van der Waals surface area (Å²) < 4.78 is 0. The van der Waals surface area contributed by atoms with Crippen LogP contribution in [0.25, 0.3) is 0 Å². The highest BCUT2D eigenvalue weighted by atomic mass is 16.1. The van der Waals surface area contributed by atoms with Crippen LogP contribution in [0.3, 0.4) is 0 Å². The second-order valence-electron chi connectivity index (χ2n) is 4.35. The van der Waals surface area contributed by atoms with E-state index in [1.807, 2.05) is 14.1 Å². The van der Waals surface area contributed by atoms with Crippen LogP contribution < -0.4 is 16.8 Å². The summed E-state index contributed by atoms with van der Waals surface area (Å²) in [7, 11) is 4.02. The number of primary amides is 1. The van der Waals surface area contributed by atoms with E-state index in [-0.39, 0.29) is 5.54 Å². The summed E-state index contributed by atoms with van der Waals surface area (Å²) in [4.78, 5) is 12.7. The lowest BCUT2D eigenvalue weighted by Crippen LogP contribution is -2.51. The molecule has 1 atom stereocenters. The molecular formula is C9H22N4O. The molecule has 14 heavy (non-hydrogen) atoms. The molecule has 0 spiro atoms. The summed E-state index contributed by atoms with van der Waals surface area (Å²) >= 11 is 0. The molecular weight excluding hydrogens is 180 g/mol. The lowest BCUT2D eigenvalue weighted by Gasteiger charge is -2.33. The molecule has 1 unspecified atom stereocenters. The second-order valence-corrected chi connectivity index (χ2v) is 4.35. The number of carbonyl (C=O) groups is 1. The molecule has 0 aliphatic heterocycles. The Bertz CT molecular complexity index is 191. The Balaban J connectivity index is 3.79. The van der Waals surface area contributed by atoms with E-state index in [1.54, 1.807) is 0 Å². The van der Waals surface area contributed by atoms with Crippen molar-refractivity contribution in [1.29, 1.82) is 0 Å². The molecule has 5 nitrogen and oxygen atoms in total. The first-order chi connectivity index (χ1) is 6.27. The number of hydrogen-bond acceptors (Lipinski definition) is 4. The van der Waals surface area contributed by atoms with Crippen LogP contribution in [0.15, 0.2) is 0 Å². The van der Waals surface area contributed by atoms with E-state index in [9.17, 15) is 4.79 Å². The molecule has 0 heterocycles. The Morgan fingerprint density at radius 1 is 1.50 bits per heavy atom. The molecule has 84 valence electrons. The predicted molar refractivity (Wildman–Crippen MR) is 57.8 cm³/mol. The van der Waals surface area contributed by atoms with Gasteiger partial charge in [-0.25, -0.2) is 0 Å². The highest BCUT2D eigenvalue weighted by Crippen LogP contribution is 2.07. The number of likely N-dealkylation sites (N-methyl/N-ethyl adjacent to an activating group) is 1. The molecule has 0 bridgehead atoms. The number of rotatable bonds is 6. The molecule has 5 N–H and O–H groups in total. The van der Waals surface area contributed by atoms with Gasteiger partial charge in [0.25, 0.3) is 0 Å². The smallest absolute Gasteiger partial charge is 0.235 e. The van der Waals surface area contributed by atoms with Crippen LogP contribution in [-0.2, 0) is 4.79 Å². The van der Waals surface area contributed by atoms with Gasteiger partial charge in [0.1, 0.15) is 0 Å². The van der Waals surface area contributed by atoms with Crippen molar-refractivity contribution in [1.82, 2.24) is 10.2 Å². The van der Waals surface area contributed by atoms with Crippen LogP contribution in [0.5, 0.6) is 0 Å². The van der Waals surface area contributed by atoms with E-state index in [1.165, 1.54) is 0 Å². The van der Waals surface area contributed by atoms with Crippen molar-refractivity contribution < 1.29 is 4.79 Å². The first-order valence-electron chi connectivity index (χ1n) is 4.70. The summed E-state index contributed by atoms with van der Waals surface area (Å²) in [6, 6.07) is -0.604. The molecule has 0 aromatic heterocycles. The van der Waals surface area contributed by atoms with Gasteiger partial charge in [-0.15, -0.1) is 0 Å². The average Bonchev–Trinajstić information content (AvgIpc) is 2.03. The summed E-state index contributed by atoms with van der Waals surface area (Å²) in [6.07, 6.45) is 0. The number of nitrogens with zero attached hydrogens (tertiary/aromatic N) is 1. The van der Waals surface area contributed by atoms with E-state index in [0.717, 1.165) is 6.54 Å². The molecule has 0 aromatic rings. The third-order valence-corrected chi connectivity index (χ3v) is 2.50. The maximum Gasteiger partial charge on any atom is 0.235 e. The van der Waals surface area contributed by atoms with Gasteiger partial charge in [-0.3, -0.25) is 4.79 Å². The zero-order valence-electron chi connectivity index (χ0n) is 9.50. The monoisotopic (exact) mass is 202 g/mol. The van der Waals surface area contributed by atoms with Gasteiger partial charge in [0, 0.05) is 18.6 Å². The fourth-order valence-electron chi connectivity index (χ4n) is 0.792. The molecule has 0 saturated heterocycles. The number of hydrogen-bond donors (Lipinski definition) is 3. The number of nitrogens with one attached hydrogen (secondary N) is 1. The summed E-state index contributed by atoms with van der Waals surface area (Å²) in [6.45, 7) is 5.40. The van der Waals surface area contributed by atoms with Gasteiger partial charge >= 0.3 is 0 Å².